The average Bonchev–Trinajstić information content (AvgIpc) is 2.91. The minimum absolute atomic E-state index is 0.0411. The SMILES string of the molecule is CCn1ncc(C(=O)C2CC(C)(C)c3ccccc3S2(=O)=O)c1O. The van der Waals surface area contributed by atoms with Gasteiger partial charge in [0.15, 0.2) is 15.6 Å². The van der Waals surface area contributed by atoms with Gasteiger partial charge in [0.2, 0.25) is 5.88 Å². The van der Waals surface area contributed by atoms with Crippen LogP contribution in [-0.4, -0.2) is 34.3 Å². The fraction of sp³-hybridized carbons (Fsp3) is 0.412. The van der Waals surface area contributed by atoms with Crippen molar-refractivity contribution in [3.63, 3.8) is 0 Å². The molecule has 0 fully saturated rings. The number of nitrogens with zero attached hydrogens (tertiary/aromatic N) is 2. The Morgan fingerprint density at radius 1 is 1.38 bits per heavy atom. The van der Waals surface area contributed by atoms with Crippen molar-refractivity contribution in [1.29, 1.82) is 0 Å². The summed E-state index contributed by atoms with van der Waals surface area (Å²) in [5.41, 5.74) is 0.224. The van der Waals surface area contributed by atoms with Crippen LogP contribution in [0.1, 0.15) is 43.1 Å². The lowest BCUT2D eigenvalue weighted by atomic mass is 9.79. The lowest BCUT2D eigenvalue weighted by Gasteiger charge is -2.36. The van der Waals surface area contributed by atoms with Crippen molar-refractivity contribution in [2.75, 3.05) is 0 Å². The van der Waals surface area contributed by atoms with Crippen LogP contribution in [0.2, 0.25) is 0 Å². The second-order valence-corrected chi connectivity index (χ2v) is 8.78. The van der Waals surface area contributed by atoms with Crippen LogP contribution in [0.15, 0.2) is 35.4 Å². The van der Waals surface area contributed by atoms with Crippen LogP contribution in [0.5, 0.6) is 5.88 Å². The number of rotatable bonds is 3. The van der Waals surface area contributed by atoms with Gasteiger partial charge in [-0.2, -0.15) is 5.10 Å². The summed E-state index contributed by atoms with van der Waals surface area (Å²) < 4.78 is 27.2. The first-order chi connectivity index (χ1) is 11.2. The summed E-state index contributed by atoms with van der Waals surface area (Å²) in [5.74, 6) is -0.885. The molecule has 0 amide bonds. The Bertz CT molecular complexity index is 912. The van der Waals surface area contributed by atoms with E-state index in [1.807, 2.05) is 13.8 Å². The number of fused-ring (bicyclic) bond motifs is 1. The largest absolute Gasteiger partial charge is 0.493 e. The molecule has 128 valence electrons. The van der Waals surface area contributed by atoms with E-state index in [-0.39, 0.29) is 22.8 Å². The number of carbonyl (C=O) groups excluding carboxylic acids is 1. The van der Waals surface area contributed by atoms with Gasteiger partial charge in [-0.1, -0.05) is 32.0 Å². The highest BCUT2D eigenvalue weighted by molar-refractivity contribution is 7.93. The van der Waals surface area contributed by atoms with Crippen LogP contribution in [0, 0.1) is 0 Å². The molecule has 0 radical (unpaired) electrons. The Morgan fingerprint density at radius 3 is 2.67 bits per heavy atom. The van der Waals surface area contributed by atoms with Crippen molar-refractivity contribution in [2.24, 2.45) is 0 Å². The van der Waals surface area contributed by atoms with Gasteiger partial charge in [-0.15, -0.1) is 0 Å². The van der Waals surface area contributed by atoms with Crippen LogP contribution >= 0.6 is 0 Å². The molecule has 1 unspecified atom stereocenters. The Hall–Kier alpha value is -2.15. The van der Waals surface area contributed by atoms with E-state index in [0.29, 0.717) is 6.54 Å². The van der Waals surface area contributed by atoms with Gasteiger partial charge in [0.1, 0.15) is 10.8 Å². The highest BCUT2D eigenvalue weighted by atomic mass is 32.2. The van der Waals surface area contributed by atoms with Gasteiger partial charge in [-0.25, -0.2) is 13.1 Å². The second-order valence-electron chi connectivity index (χ2n) is 6.68. The minimum Gasteiger partial charge on any atom is -0.493 e. The maximum Gasteiger partial charge on any atom is 0.220 e. The van der Waals surface area contributed by atoms with Gasteiger partial charge in [0.25, 0.3) is 0 Å². The summed E-state index contributed by atoms with van der Waals surface area (Å²) in [6.45, 7) is 6.02. The Labute approximate surface area is 141 Å². The number of hydrogen-bond acceptors (Lipinski definition) is 5. The quantitative estimate of drug-likeness (QED) is 0.860. The lowest BCUT2D eigenvalue weighted by Crippen LogP contribution is -2.42. The molecule has 1 aromatic heterocycles. The van der Waals surface area contributed by atoms with Crippen molar-refractivity contribution < 1.29 is 18.3 Å². The van der Waals surface area contributed by atoms with Gasteiger partial charge in [-0.3, -0.25) is 4.79 Å². The first-order valence-corrected chi connectivity index (χ1v) is 9.37. The molecular weight excluding hydrogens is 328 g/mol. The van der Waals surface area contributed by atoms with E-state index in [9.17, 15) is 18.3 Å². The van der Waals surface area contributed by atoms with Gasteiger partial charge in [0.05, 0.1) is 11.1 Å². The Morgan fingerprint density at radius 2 is 2.04 bits per heavy atom. The summed E-state index contributed by atoms with van der Waals surface area (Å²) in [5, 5.41) is 12.8. The molecule has 2 heterocycles. The zero-order valence-corrected chi connectivity index (χ0v) is 14.7. The predicted molar refractivity (Wildman–Crippen MR) is 89.0 cm³/mol. The summed E-state index contributed by atoms with van der Waals surface area (Å²) in [4.78, 5) is 13.1. The molecule has 1 aliphatic rings. The number of sulfone groups is 1. The summed E-state index contributed by atoms with van der Waals surface area (Å²) in [6.07, 6.45) is 1.41. The van der Waals surface area contributed by atoms with E-state index in [0.717, 1.165) is 5.56 Å². The molecule has 1 aliphatic heterocycles. The van der Waals surface area contributed by atoms with Crippen molar-refractivity contribution >= 4 is 15.6 Å². The smallest absolute Gasteiger partial charge is 0.220 e. The topological polar surface area (TPSA) is 89.3 Å². The molecule has 1 atom stereocenters. The van der Waals surface area contributed by atoms with Gasteiger partial charge in [-0.05, 0) is 30.4 Å². The number of benzene rings is 1. The third-order valence-electron chi connectivity index (χ3n) is 4.66. The third-order valence-corrected chi connectivity index (χ3v) is 6.76. The minimum atomic E-state index is -3.81. The molecule has 0 spiro atoms. The molecule has 0 saturated heterocycles. The number of aryl methyl sites for hydroxylation is 1. The van der Waals surface area contributed by atoms with E-state index in [1.54, 1.807) is 31.2 Å². The highest BCUT2D eigenvalue weighted by Crippen LogP contribution is 2.42. The first-order valence-electron chi connectivity index (χ1n) is 7.82. The molecule has 7 heteroatoms. The van der Waals surface area contributed by atoms with Crippen molar-refractivity contribution in [3.8, 4) is 5.88 Å². The van der Waals surface area contributed by atoms with Gasteiger partial charge >= 0.3 is 0 Å². The fourth-order valence-electron chi connectivity index (χ4n) is 3.30. The first kappa shape index (κ1) is 16.7. The normalized spacial score (nSPS) is 21.2. The van der Waals surface area contributed by atoms with Crippen molar-refractivity contribution in [1.82, 2.24) is 9.78 Å². The monoisotopic (exact) mass is 348 g/mol. The number of ketones is 1. The van der Waals surface area contributed by atoms with Gasteiger partial charge < -0.3 is 5.11 Å². The van der Waals surface area contributed by atoms with E-state index in [1.165, 1.54) is 10.9 Å². The third kappa shape index (κ3) is 2.34. The Balaban J connectivity index is 2.12. The zero-order valence-electron chi connectivity index (χ0n) is 13.9. The van der Waals surface area contributed by atoms with E-state index < -0.39 is 26.3 Å². The fourth-order valence-corrected chi connectivity index (χ4v) is 5.57. The number of aromatic hydroxyl groups is 1. The zero-order chi connectivity index (χ0) is 17.7. The van der Waals surface area contributed by atoms with Crippen molar-refractivity contribution in [3.05, 3.63) is 41.6 Å². The molecule has 2 aromatic rings. The Kier molecular flexibility index (Phi) is 3.79. The predicted octanol–water partition coefficient (Wildman–Crippen LogP) is 2.32. The van der Waals surface area contributed by atoms with Crippen molar-refractivity contribution in [2.45, 2.75) is 49.3 Å². The number of Topliss-reactive ketones (excluding diaryl/α,β-unsaturated/α-hetero) is 1. The molecular formula is C17H20N2O4S. The van der Waals surface area contributed by atoms with Crippen LogP contribution in [0.3, 0.4) is 0 Å². The van der Waals surface area contributed by atoms with E-state index in [4.69, 9.17) is 0 Å². The summed E-state index contributed by atoms with van der Waals surface area (Å²) >= 11 is 0. The summed E-state index contributed by atoms with van der Waals surface area (Å²) in [6, 6.07) is 6.79. The molecule has 1 aromatic carbocycles. The number of carbonyl (C=O) groups is 1. The number of aromatic nitrogens is 2. The maximum absolute atomic E-state index is 13.0. The number of hydrogen-bond donors (Lipinski definition) is 1. The molecule has 0 saturated carbocycles. The van der Waals surface area contributed by atoms with E-state index in [2.05, 4.69) is 5.10 Å². The van der Waals surface area contributed by atoms with Crippen LogP contribution in [0.4, 0.5) is 0 Å². The molecule has 0 bridgehead atoms. The van der Waals surface area contributed by atoms with Crippen LogP contribution < -0.4 is 0 Å². The second kappa shape index (κ2) is 5.44. The van der Waals surface area contributed by atoms with Gasteiger partial charge in [0, 0.05) is 6.54 Å². The van der Waals surface area contributed by atoms with Crippen LogP contribution in [0.25, 0.3) is 0 Å². The lowest BCUT2D eigenvalue weighted by molar-refractivity contribution is 0.0971. The molecule has 3 rings (SSSR count). The summed E-state index contributed by atoms with van der Waals surface area (Å²) in [7, 11) is -3.81. The average molecular weight is 348 g/mol. The maximum atomic E-state index is 13.0. The molecule has 24 heavy (non-hydrogen) atoms. The van der Waals surface area contributed by atoms with Crippen LogP contribution in [-0.2, 0) is 21.8 Å². The molecule has 6 nitrogen and oxygen atoms in total. The standard InChI is InChI=1S/C17H20N2O4S/c1-4-19-16(21)11(10-18-19)15(20)14-9-17(2,3)12-7-5-6-8-13(12)24(14,22)23/h5-8,10,14,21H,4,9H2,1-3H3. The molecule has 1 N–H and O–H groups in total. The van der Waals surface area contributed by atoms with E-state index >= 15 is 0 Å². The molecule has 0 aliphatic carbocycles. The highest BCUT2D eigenvalue weighted by Gasteiger charge is 2.47.